The minimum atomic E-state index is -3.03. The molecule has 5 heteroatoms. The molecule has 2 N–H and O–H groups in total. The van der Waals surface area contributed by atoms with Crippen LogP contribution >= 0.6 is 0 Å². The molecule has 66 valence electrons. The zero-order valence-electron chi connectivity index (χ0n) is 6.40. The van der Waals surface area contributed by atoms with Crippen LogP contribution in [0.25, 0.3) is 0 Å². The van der Waals surface area contributed by atoms with Crippen molar-refractivity contribution in [1.29, 1.82) is 0 Å². The number of carbonyl (C=O) groups is 1. The second-order valence-corrected chi connectivity index (χ2v) is 2.83. The average molecular weight is 167 g/mol. The molecule has 0 spiro atoms. The summed E-state index contributed by atoms with van der Waals surface area (Å²) in [6.07, 6.45) is -3.03. The Balaban J connectivity index is 3.94. The molecule has 0 aromatic carbocycles. The highest BCUT2D eigenvalue weighted by atomic mass is 19.3. The topological polar surface area (TPSA) is 49.3 Å². The summed E-state index contributed by atoms with van der Waals surface area (Å²) in [5.41, 5.74) is -0.979. The normalized spacial score (nSPS) is 11.8. The van der Waals surface area contributed by atoms with E-state index < -0.39 is 17.9 Å². The first-order valence-corrected chi connectivity index (χ1v) is 3.10. The minimum absolute atomic E-state index is 0.370. The summed E-state index contributed by atoms with van der Waals surface area (Å²) in [6, 6.07) is 0. The number of aliphatic hydroxyl groups is 1. The molecule has 0 aliphatic carbocycles. The van der Waals surface area contributed by atoms with Gasteiger partial charge in [-0.3, -0.25) is 4.79 Å². The van der Waals surface area contributed by atoms with Crippen LogP contribution in [0.4, 0.5) is 8.78 Å². The summed E-state index contributed by atoms with van der Waals surface area (Å²) in [5, 5.41) is 10.5. The van der Waals surface area contributed by atoms with Crippen LogP contribution in [0.5, 0.6) is 0 Å². The van der Waals surface area contributed by atoms with Crippen LogP contribution in [-0.2, 0) is 4.79 Å². The van der Waals surface area contributed by atoms with Gasteiger partial charge in [0.2, 0.25) is 0 Å². The Morgan fingerprint density at radius 1 is 1.64 bits per heavy atom. The molecule has 3 nitrogen and oxygen atoms in total. The number of rotatable bonds is 3. The molecular weight excluding hydrogens is 156 g/mol. The molecule has 0 aromatic rings. The van der Waals surface area contributed by atoms with Gasteiger partial charge in [0.25, 0.3) is 5.91 Å². The molecule has 0 saturated heterocycles. The largest absolute Gasteiger partial charge is 0.394 e. The Kier molecular flexibility index (Phi) is 3.38. The molecule has 0 unspecified atom stereocenters. The van der Waals surface area contributed by atoms with Crippen molar-refractivity contribution in [1.82, 2.24) is 5.32 Å². The van der Waals surface area contributed by atoms with E-state index in [4.69, 9.17) is 5.11 Å². The van der Waals surface area contributed by atoms with Crippen molar-refractivity contribution in [2.24, 2.45) is 0 Å². The van der Waals surface area contributed by atoms with Crippen LogP contribution in [-0.4, -0.2) is 29.6 Å². The smallest absolute Gasteiger partial charge is 0.315 e. The van der Waals surface area contributed by atoms with Gasteiger partial charge in [0, 0.05) is 0 Å². The second-order valence-electron chi connectivity index (χ2n) is 2.83. The van der Waals surface area contributed by atoms with Gasteiger partial charge in [-0.05, 0) is 13.8 Å². The van der Waals surface area contributed by atoms with E-state index in [0.717, 1.165) is 0 Å². The predicted molar refractivity (Wildman–Crippen MR) is 35.3 cm³/mol. The molecule has 1 amide bonds. The summed E-state index contributed by atoms with van der Waals surface area (Å²) in [7, 11) is 0. The third-order valence-electron chi connectivity index (χ3n) is 1.06. The van der Waals surface area contributed by atoms with Crippen molar-refractivity contribution in [2.75, 3.05) is 6.61 Å². The van der Waals surface area contributed by atoms with Gasteiger partial charge in [-0.25, -0.2) is 0 Å². The summed E-state index contributed by atoms with van der Waals surface area (Å²) < 4.78 is 23.2. The molecule has 0 radical (unpaired) electrons. The lowest BCUT2D eigenvalue weighted by molar-refractivity contribution is -0.133. The summed E-state index contributed by atoms with van der Waals surface area (Å²) in [5.74, 6) is -1.36. The Hall–Kier alpha value is -0.710. The maximum atomic E-state index is 11.6. The van der Waals surface area contributed by atoms with E-state index in [-0.39, 0.29) is 6.61 Å². The predicted octanol–water partition coefficient (Wildman–Crippen LogP) is 0.139. The summed E-state index contributed by atoms with van der Waals surface area (Å²) in [4.78, 5) is 10.3. The van der Waals surface area contributed by atoms with E-state index in [9.17, 15) is 13.6 Å². The number of hydrogen-bond acceptors (Lipinski definition) is 2. The number of alkyl halides is 2. The van der Waals surface area contributed by atoms with E-state index in [1.807, 2.05) is 5.32 Å². The number of aliphatic hydroxyl groups excluding tert-OH is 1. The van der Waals surface area contributed by atoms with Crippen molar-refractivity contribution < 1.29 is 18.7 Å². The van der Waals surface area contributed by atoms with Gasteiger partial charge in [-0.15, -0.1) is 0 Å². The Morgan fingerprint density at radius 3 is 2.36 bits per heavy atom. The highest BCUT2D eigenvalue weighted by molar-refractivity contribution is 5.79. The molecule has 0 aliphatic rings. The molecule has 0 heterocycles. The van der Waals surface area contributed by atoms with Gasteiger partial charge in [0.05, 0.1) is 12.1 Å². The van der Waals surface area contributed by atoms with Gasteiger partial charge < -0.3 is 10.4 Å². The van der Waals surface area contributed by atoms with Gasteiger partial charge in [0.1, 0.15) is 0 Å². The van der Waals surface area contributed by atoms with Crippen molar-refractivity contribution >= 4 is 5.91 Å². The van der Waals surface area contributed by atoms with Crippen molar-refractivity contribution in [2.45, 2.75) is 25.8 Å². The van der Waals surface area contributed by atoms with Crippen LogP contribution in [0.3, 0.4) is 0 Å². The van der Waals surface area contributed by atoms with Gasteiger partial charge in [-0.2, -0.15) is 8.78 Å². The van der Waals surface area contributed by atoms with Gasteiger partial charge in [-0.1, -0.05) is 0 Å². The van der Waals surface area contributed by atoms with Gasteiger partial charge >= 0.3 is 6.43 Å². The molecule has 0 aliphatic heterocycles. The van der Waals surface area contributed by atoms with Crippen molar-refractivity contribution in [3.8, 4) is 0 Å². The van der Waals surface area contributed by atoms with E-state index in [2.05, 4.69) is 0 Å². The van der Waals surface area contributed by atoms with E-state index in [1.54, 1.807) is 0 Å². The summed E-state index contributed by atoms with van der Waals surface area (Å²) in [6.45, 7) is 2.53. The average Bonchev–Trinajstić information content (AvgIpc) is 1.87. The standard InChI is InChI=1S/C6H11F2NO2/c1-6(2,3-10)9-5(11)4(7)8/h4,10H,3H2,1-2H3,(H,9,11). The number of hydrogen-bond donors (Lipinski definition) is 2. The number of carbonyl (C=O) groups excluding carboxylic acids is 1. The first kappa shape index (κ1) is 10.3. The zero-order valence-corrected chi connectivity index (χ0v) is 6.40. The highest BCUT2D eigenvalue weighted by Gasteiger charge is 2.24. The van der Waals surface area contributed by atoms with Crippen LogP contribution in [0, 0.1) is 0 Å². The quantitative estimate of drug-likeness (QED) is 0.628. The molecule has 0 atom stereocenters. The van der Waals surface area contributed by atoms with Crippen molar-refractivity contribution in [3.05, 3.63) is 0 Å². The molecule has 0 aromatic heterocycles. The SMILES string of the molecule is CC(C)(CO)NC(=O)C(F)F. The van der Waals surface area contributed by atoms with E-state index in [0.29, 0.717) is 0 Å². The maximum Gasteiger partial charge on any atom is 0.315 e. The monoisotopic (exact) mass is 167 g/mol. The molecular formula is C6H11F2NO2. The zero-order chi connectivity index (χ0) is 9.07. The third kappa shape index (κ3) is 3.87. The maximum absolute atomic E-state index is 11.6. The van der Waals surface area contributed by atoms with Gasteiger partial charge in [0.15, 0.2) is 0 Å². The Bertz CT molecular complexity index is 148. The lowest BCUT2D eigenvalue weighted by atomic mass is 10.1. The van der Waals surface area contributed by atoms with Crippen molar-refractivity contribution in [3.63, 3.8) is 0 Å². The molecule has 0 fully saturated rings. The lowest BCUT2D eigenvalue weighted by Gasteiger charge is -2.22. The Labute approximate surface area is 63.4 Å². The number of amides is 1. The first-order chi connectivity index (χ1) is 4.89. The summed E-state index contributed by atoms with van der Waals surface area (Å²) >= 11 is 0. The minimum Gasteiger partial charge on any atom is -0.394 e. The highest BCUT2D eigenvalue weighted by Crippen LogP contribution is 2.02. The van der Waals surface area contributed by atoms with E-state index in [1.165, 1.54) is 13.8 Å². The van der Waals surface area contributed by atoms with Crippen LogP contribution in [0.15, 0.2) is 0 Å². The third-order valence-corrected chi connectivity index (χ3v) is 1.06. The van der Waals surface area contributed by atoms with Crippen LogP contribution < -0.4 is 5.32 Å². The fourth-order valence-electron chi connectivity index (χ4n) is 0.428. The van der Waals surface area contributed by atoms with Crippen LogP contribution in [0.2, 0.25) is 0 Å². The molecule has 0 saturated carbocycles. The first-order valence-electron chi connectivity index (χ1n) is 3.10. The second kappa shape index (κ2) is 3.61. The Morgan fingerprint density at radius 2 is 2.09 bits per heavy atom. The van der Waals surface area contributed by atoms with E-state index >= 15 is 0 Å². The lowest BCUT2D eigenvalue weighted by Crippen LogP contribution is -2.48. The fraction of sp³-hybridized carbons (Fsp3) is 0.833. The number of nitrogens with one attached hydrogen (secondary N) is 1. The number of halogens is 2. The molecule has 11 heavy (non-hydrogen) atoms. The fourth-order valence-corrected chi connectivity index (χ4v) is 0.428. The van der Waals surface area contributed by atoms with Crippen LogP contribution in [0.1, 0.15) is 13.8 Å². The molecule has 0 rings (SSSR count). The molecule has 0 bridgehead atoms.